The van der Waals surface area contributed by atoms with Gasteiger partial charge in [-0.2, -0.15) is 0 Å². The van der Waals surface area contributed by atoms with E-state index in [4.69, 9.17) is 4.74 Å². The van der Waals surface area contributed by atoms with Crippen LogP contribution in [0.15, 0.2) is 54.7 Å². The highest BCUT2D eigenvalue weighted by molar-refractivity contribution is 5.96. The van der Waals surface area contributed by atoms with Gasteiger partial charge in [-0.1, -0.05) is 24.6 Å². The minimum absolute atomic E-state index is 0.174. The Kier molecular flexibility index (Phi) is 8.20. The van der Waals surface area contributed by atoms with Crippen molar-refractivity contribution >= 4 is 22.8 Å². The smallest absolute Gasteiger partial charge is 0.326 e. The van der Waals surface area contributed by atoms with Crippen molar-refractivity contribution in [2.45, 2.75) is 44.6 Å². The van der Waals surface area contributed by atoms with Crippen LogP contribution in [0.1, 0.15) is 48.0 Å². The van der Waals surface area contributed by atoms with Gasteiger partial charge in [0.2, 0.25) is 0 Å². The molecular formula is C27H33N3O4. The summed E-state index contributed by atoms with van der Waals surface area (Å²) >= 11 is 0. The third-order valence-corrected chi connectivity index (χ3v) is 6.54. The van der Waals surface area contributed by atoms with Gasteiger partial charge in [0.15, 0.2) is 0 Å². The van der Waals surface area contributed by atoms with Gasteiger partial charge in [-0.05, 0) is 80.6 Å². The Labute approximate surface area is 199 Å². The van der Waals surface area contributed by atoms with Crippen LogP contribution in [0.3, 0.4) is 0 Å². The molecule has 0 spiro atoms. The molecule has 1 fully saturated rings. The molecular weight excluding hydrogens is 430 g/mol. The second kappa shape index (κ2) is 11.7. The van der Waals surface area contributed by atoms with Crippen LogP contribution >= 0.6 is 0 Å². The van der Waals surface area contributed by atoms with Crippen LogP contribution in [0.5, 0.6) is 5.75 Å². The second-order valence-corrected chi connectivity index (χ2v) is 8.99. The number of ether oxygens (including phenoxy) is 1. The number of H-pyrrole nitrogens is 1. The van der Waals surface area contributed by atoms with Crippen molar-refractivity contribution in [3.8, 4) is 5.75 Å². The predicted molar refractivity (Wildman–Crippen MR) is 132 cm³/mol. The average molecular weight is 464 g/mol. The van der Waals surface area contributed by atoms with E-state index in [-0.39, 0.29) is 6.42 Å². The molecule has 1 aromatic heterocycles. The second-order valence-electron chi connectivity index (χ2n) is 8.99. The van der Waals surface area contributed by atoms with Gasteiger partial charge < -0.3 is 25.5 Å². The molecule has 2 heterocycles. The van der Waals surface area contributed by atoms with Crippen LogP contribution in [0.2, 0.25) is 0 Å². The van der Waals surface area contributed by atoms with Crippen molar-refractivity contribution in [3.05, 3.63) is 65.9 Å². The zero-order chi connectivity index (χ0) is 23.8. The molecule has 7 heteroatoms. The fourth-order valence-electron chi connectivity index (χ4n) is 4.56. The van der Waals surface area contributed by atoms with Crippen LogP contribution in [-0.4, -0.2) is 47.7 Å². The van der Waals surface area contributed by atoms with Crippen molar-refractivity contribution in [2.75, 3.05) is 19.7 Å². The summed E-state index contributed by atoms with van der Waals surface area (Å²) in [5.41, 5.74) is 2.17. The van der Waals surface area contributed by atoms with E-state index >= 15 is 0 Å². The minimum Gasteiger partial charge on any atom is -0.494 e. The first-order valence-electron chi connectivity index (χ1n) is 12.1. The van der Waals surface area contributed by atoms with E-state index in [9.17, 15) is 14.7 Å². The summed E-state index contributed by atoms with van der Waals surface area (Å²) in [6.45, 7) is 2.94. The number of amides is 1. The number of aromatic nitrogens is 1. The molecule has 0 unspecified atom stereocenters. The molecule has 0 saturated carbocycles. The molecule has 3 aromatic rings. The topological polar surface area (TPSA) is 103 Å². The highest BCUT2D eigenvalue weighted by Crippen LogP contribution is 2.25. The van der Waals surface area contributed by atoms with Gasteiger partial charge in [-0.25, -0.2) is 4.79 Å². The van der Waals surface area contributed by atoms with Crippen molar-refractivity contribution < 1.29 is 19.4 Å². The fourth-order valence-corrected chi connectivity index (χ4v) is 4.56. The Morgan fingerprint density at radius 3 is 2.65 bits per heavy atom. The summed E-state index contributed by atoms with van der Waals surface area (Å²) < 4.78 is 5.99. The van der Waals surface area contributed by atoms with Gasteiger partial charge in [0.05, 0.1) is 6.61 Å². The van der Waals surface area contributed by atoms with Crippen LogP contribution in [0, 0.1) is 5.92 Å². The van der Waals surface area contributed by atoms with E-state index in [1.165, 1.54) is 25.7 Å². The zero-order valence-electron chi connectivity index (χ0n) is 19.4. The lowest BCUT2D eigenvalue weighted by Gasteiger charge is -2.22. The number of carboxylic acid groups (broad SMARTS) is 1. The molecule has 1 aliphatic heterocycles. The number of aromatic amines is 1. The first-order valence-corrected chi connectivity index (χ1v) is 12.1. The molecule has 180 valence electrons. The number of carbonyl (C=O) groups is 2. The van der Waals surface area contributed by atoms with E-state index in [1.54, 1.807) is 30.5 Å². The largest absolute Gasteiger partial charge is 0.494 e. The standard InChI is InChI=1S/C27H33N3O4/c31-26(20-7-2-1-3-8-20)30-25(27(32)33)16-21-18-29-24-10-9-22(17-23(21)24)34-15-5-4-6-19-11-13-28-14-12-19/h1-3,7-10,17-19,25,28-29H,4-6,11-16H2,(H,30,31)(H,32,33)/t25-/m0/s1. The van der Waals surface area contributed by atoms with Crippen molar-refractivity contribution in [2.24, 2.45) is 5.92 Å². The molecule has 0 aliphatic carbocycles. The van der Waals surface area contributed by atoms with E-state index in [2.05, 4.69) is 15.6 Å². The van der Waals surface area contributed by atoms with Gasteiger partial charge in [0.25, 0.3) is 5.91 Å². The lowest BCUT2D eigenvalue weighted by atomic mass is 9.93. The molecule has 1 amide bonds. The maximum Gasteiger partial charge on any atom is 0.326 e. The number of fused-ring (bicyclic) bond motifs is 1. The van der Waals surface area contributed by atoms with Crippen molar-refractivity contribution in [1.82, 2.24) is 15.6 Å². The number of hydrogen-bond acceptors (Lipinski definition) is 4. The first kappa shape index (κ1) is 23.8. The molecule has 4 rings (SSSR count). The average Bonchev–Trinajstić information content (AvgIpc) is 3.26. The molecule has 0 bridgehead atoms. The quantitative estimate of drug-likeness (QED) is 0.320. The number of nitrogens with one attached hydrogen (secondary N) is 3. The lowest BCUT2D eigenvalue weighted by molar-refractivity contribution is -0.139. The third-order valence-electron chi connectivity index (χ3n) is 6.54. The van der Waals surface area contributed by atoms with Gasteiger partial charge in [-0.3, -0.25) is 4.79 Å². The van der Waals surface area contributed by atoms with Gasteiger partial charge >= 0.3 is 5.97 Å². The van der Waals surface area contributed by atoms with E-state index in [0.29, 0.717) is 12.2 Å². The Morgan fingerprint density at radius 2 is 1.88 bits per heavy atom. The molecule has 7 nitrogen and oxygen atoms in total. The van der Waals surface area contributed by atoms with Crippen LogP contribution < -0.4 is 15.4 Å². The van der Waals surface area contributed by atoms with Crippen LogP contribution in [-0.2, 0) is 11.2 Å². The van der Waals surface area contributed by atoms with Crippen LogP contribution in [0.4, 0.5) is 0 Å². The van der Waals surface area contributed by atoms with Crippen molar-refractivity contribution in [1.29, 1.82) is 0 Å². The first-order chi connectivity index (χ1) is 16.6. The zero-order valence-corrected chi connectivity index (χ0v) is 19.4. The van der Waals surface area contributed by atoms with Gasteiger partial charge in [0.1, 0.15) is 11.8 Å². The summed E-state index contributed by atoms with van der Waals surface area (Å²) in [6, 6.07) is 13.4. The van der Waals surface area contributed by atoms with E-state index in [1.807, 2.05) is 24.3 Å². The fraction of sp³-hybridized carbons (Fsp3) is 0.407. The highest BCUT2D eigenvalue weighted by Gasteiger charge is 2.22. The number of aliphatic carboxylic acids is 1. The molecule has 1 atom stereocenters. The van der Waals surface area contributed by atoms with Crippen molar-refractivity contribution in [3.63, 3.8) is 0 Å². The Balaban J connectivity index is 1.34. The molecule has 1 saturated heterocycles. The summed E-state index contributed by atoms with van der Waals surface area (Å²) in [4.78, 5) is 27.5. The molecule has 34 heavy (non-hydrogen) atoms. The Morgan fingerprint density at radius 1 is 1.09 bits per heavy atom. The molecule has 4 N–H and O–H groups in total. The number of carbonyl (C=O) groups excluding carboxylic acids is 1. The number of benzene rings is 2. The van der Waals surface area contributed by atoms with Gasteiger partial charge in [0, 0.05) is 29.1 Å². The summed E-state index contributed by atoms with van der Waals surface area (Å²) in [6.07, 6.45) is 7.98. The predicted octanol–water partition coefficient (Wildman–Crippen LogP) is 4.14. The SMILES string of the molecule is O=C(N[C@@H](Cc1c[nH]c2ccc(OCCCCC3CCNCC3)cc12)C(=O)O)c1ccccc1. The summed E-state index contributed by atoms with van der Waals surface area (Å²) in [7, 11) is 0. The van der Waals surface area contributed by atoms with E-state index in [0.717, 1.165) is 47.6 Å². The molecule has 0 radical (unpaired) electrons. The van der Waals surface area contributed by atoms with E-state index < -0.39 is 17.9 Å². The Bertz CT molecular complexity index is 1090. The number of carboxylic acids is 1. The molecule has 2 aromatic carbocycles. The third kappa shape index (κ3) is 6.38. The summed E-state index contributed by atoms with van der Waals surface area (Å²) in [5, 5.41) is 16.7. The summed E-state index contributed by atoms with van der Waals surface area (Å²) in [5.74, 6) is 0.140. The Hall–Kier alpha value is -3.32. The maximum absolute atomic E-state index is 12.5. The maximum atomic E-state index is 12.5. The minimum atomic E-state index is -1.07. The number of hydrogen-bond donors (Lipinski definition) is 4. The monoisotopic (exact) mass is 463 g/mol. The normalized spacial score (nSPS) is 15.2. The lowest BCUT2D eigenvalue weighted by Crippen LogP contribution is -2.42. The number of piperidine rings is 1. The van der Waals surface area contributed by atoms with Gasteiger partial charge in [-0.15, -0.1) is 0 Å². The molecule has 1 aliphatic rings. The number of rotatable bonds is 11. The number of unbranched alkanes of at least 4 members (excludes halogenated alkanes) is 1. The van der Waals surface area contributed by atoms with Crippen LogP contribution in [0.25, 0.3) is 10.9 Å². The highest BCUT2D eigenvalue weighted by atomic mass is 16.5.